The van der Waals surface area contributed by atoms with Gasteiger partial charge < -0.3 is 9.16 Å². The van der Waals surface area contributed by atoms with Crippen LogP contribution in [0.1, 0.15) is 47.0 Å². The van der Waals surface area contributed by atoms with Crippen LogP contribution in [0.25, 0.3) is 0 Å². The second kappa shape index (κ2) is 6.95. The van der Waals surface area contributed by atoms with Crippen molar-refractivity contribution in [3.05, 3.63) is 0 Å². The number of carbonyl (C=O) groups is 3. The first-order valence-electron chi connectivity index (χ1n) is 9.23. The van der Waals surface area contributed by atoms with Gasteiger partial charge in [0.15, 0.2) is 8.32 Å². The third-order valence-corrected chi connectivity index (χ3v) is 11.1. The fourth-order valence-corrected chi connectivity index (χ4v) is 5.42. The molecule has 0 aromatic rings. The van der Waals surface area contributed by atoms with E-state index in [2.05, 4.69) is 33.9 Å². The van der Waals surface area contributed by atoms with Gasteiger partial charge in [-0.25, -0.2) is 0 Å². The van der Waals surface area contributed by atoms with Crippen LogP contribution < -0.4 is 0 Å². The highest BCUT2D eigenvalue weighted by Crippen LogP contribution is 2.48. The lowest BCUT2D eigenvalue weighted by Crippen LogP contribution is -2.57. The number of ketones is 2. The molecular weight excluding hydrogens is 336 g/mol. The molecule has 0 radical (unpaired) electrons. The molecule has 0 aromatic heterocycles. The van der Waals surface area contributed by atoms with Gasteiger partial charge in [-0.1, -0.05) is 27.7 Å². The van der Waals surface area contributed by atoms with E-state index in [1.54, 1.807) is 0 Å². The molecule has 2 fully saturated rings. The summed E-state index contributed by atoms with van der Waals surface area (Å²) in [6.07, 6.45) is 1.13. The maximum atomic E-state index is 12.5. The van der Waals surface area contributed by atoms with Crippen LogP contribution in [0, 0.1) is 23.7 Å². The maximum absolute atomic E-state index is 12.5. The lowest BCUT2D eigenvalue weighted by molar-refractivity contribution is -0.163. The Morgan fingerprint density at radius 1 is 1.16 bits per heavy atom. The minimum Gasteiger partial charge on any atom is -0.469 e. The monoisotopic (exact) mass is 368 g/mol. The molecule has 1 unspecified atom stereocenters. The van der Waals surface area contributed by atoms with E-state index in [-0.39, 0.29) is 52.9 Å². The van der Waals surface area contributed by atoms with Crippen molar-refractivity contribution in [3.63, 3.8) is 0 Å². The lowest BCUT2D eigenvalue weighted by atomic mass is 9.60. The topological polar surface area (TPSA) is 69.7 Å². The molecule has 25 heavy (non-hydrogen) atoms. The standard InChI is InChI=1S/C19H32O5Si/c1-11-8-9-12-16(15(11)18(22)23-5)14(10-13(20)17(12)21)24-25(6,7)19(2,3)4/h11-12,14-16H,8-10H2,1-7H3/t11-,12?,14-,15-,16+/m0/s1. The Morgan fingerprint density at radius 2 is 1.76 bits per heavy atom. The van der Waals surface area contributed by atoms with Crippen molar-refractivity contribution < 1.29 is 23.5 Å². The summed E-state index contributed by atoms with van der Waals surface area (Å²) in [4.78, 5) is 37.2. The van der Waals surface area contributed by atoms with Gasteiger partial charge >= 0.3 is 5.97 Å². The number of Topliss-reactive ketones (excluding diaryl/α,β-unsaturated/α-hetero) is 2. The Labute approximate surface area is 152 Å². The van der Waals surface area contributed by atoms with Crippen LogP contribution >= 0.6 is 0 Å². The van der Waals surface area contributed by atoms with Crippen LogP contribution in [0.5, 0.6) is 0 Å². The van der Waals surface area contributed by atoms with Crippen LogP contribution in [-0.2, 0) is 23.5 Å². The lowest BCUT2D eigenvalue weighted by Gasteiger charge is -2.49. The van der Waals surface area contributed by atoms with E-state index in [9.17, 15) is 14.4 Å². The van der Waals surface area contributed by atoms with E-state index < -0.39 is 14.2 Å². The molecule has 0 saturated heterocycles. The normalized spacial score (nSPS) is 33.8. The van der Waals surface area contributed by atoms with E-state index in [4.69, 9.17) is 9.16 Å². The van der Waals surface area contributed by atoms with Gasteiger partial charge in [0.25, 0.3) is 0 Å². The second-order valence-corrected chi connectivity index (χ2v) is 14.0. The molecule has 142 valence electrons. The number of hydrogen-bond acceptors (Lipinski definition) is 5. The van der Waals surface area contributed by atoms with Crippen LogP contribution in [0.3, 0.4) is 0 Å². The summed E-state index contributed by atoms with van der Waals surface area (Å²) in [5, 5.41) is -0.00591. The van der Waals surface area contributed by atoms with Gasteiger partial charge in [-0.2, -0.15) is 0 Å². The van der Waals surface area contributed by atoms with E-state index >= 15 is 0 Å². The smallest absolute Gasteiger partial charge is 0.309 e. The maximum Gasteiger partial charge on any atom is 0.309 e. The first-order chi connectivity index (χ1) is 11.4. The Kier molecular flexibility index (Phi) is 5.64. The summed E-state index contributed by atoms with van der Waals surface area (Å²) in [5.74, 6) is -1.86. The molecule has 0 N–H and O–H groups in total. The summed E-state index contributed by atoms with van der Waals surface area (Å²) >= 11 is 0. The highest BCUT2D eigenvalue weighted by molar-refractivity contribution is 6.74. The van der Waals surface area contributed by atoms with Gasteiger partial charge in [-0.05, 0) is 36.9 Å². The number of fused-ring (bicyclic) bond motifs is 1. The minimum atomic E-state index is -2.13. The molecule has 0 spiro atoms. The molecule has 2 saturated carbocycles. The van der Waals surface area contributed by atoms with Gasteiger partial charge in [-0.3, -0.25) is 14.4 Å². The highest BCUT2D eigenvalue weighted by atomic mass is 28.4. The zero-order valence-electron chi connectivity index (χ0n) is 16.5. The minimum absolute atomic E-state index is 0.00591. The van der Waals surface area contributed by atoms with Crippen molar-refractivity contribution in [2.75, 3.05) is 7.11 Å². The van der Waals surface area contributed by atoms with Crippen LogP contribution in [0.2, 0.25) is 18.1 Å². The van der Waals surface area contributed by atoms with E-state index in [0.717, 1.165) is 6.42 Å². The molecule has 5 nitrogen and oxygen atoms in total. The van der Waals surface area contributed by atoms with Gasteiger partial charge in [0.05, 0.1) is 19.1 Å². The highest BCUT2D eigenvalue weighted by Gasteiger charge is 2.55. The quantitative estimate of drug-likeness (QED) is 0.434. The van der Waals surface area contributed by atoms with Gasteiger partial charge in [0.2, 0.25) is 11.6 Å². The van der Waals surface area contributed by atoms with Gasteiger partial charge in [0.1, 0.15) is 0 Å². The van der Waals surface area contributed by atoms with Crippen LogP contribution in [0.15, 0.2) is 0 Å². The molecule has 0 heterocycles. The number of ether oxygens (including phenoxy) is 1. The van der Waals surface area contributed by atoms with E-state index in [1.807, 2.05) is 6.92 Å². The SMILES string of the molecule is COC(=O)[C@@H]1[C@@H]2C(CC[C@@H]1C)C(=O)C(=O)C[C@@H]2O[Si](C)(C)C(C)(C)C. The molecule has 2 rings (SSSR count). The van der Waals surface area contributed by atoms with Crippen LogP contribution in [0.4, 0.5) is 0 Å². The first kappa shape index (κ1) is 20.3. The number of carbonyl (C=O) groups excluding carboxylic acids is 3. The Hall–Kier alpha value is -1.01. The zero-order valence-corrected chi connectivity index (χ0v) is 17.5. The van der Waals surface area contributed by atoms with Crippen molar-refractivity contribution in [1.82, 2.24) is 0 Å². The number of methoxy groups -OCH3 is 1. The largest absolute Gasteiger partial charge is 0.469 e. The van der Waals surface area contributed by atoms with Crippen LogP contribution in [-0.4, -0.2) is 39.1 Å². The predicted molar refractivity (Wildman–Crippen MR) is 97.6 cm³/mol. The molecule has 5 atom stereocenters. The molecule has 0 aromatic carbocycles. The Morgan fingerprint density at radius 3 is 2.28 bits per heavy atom. The van der Waals surface area contributed by atoms with Gasteiger partial charge in [0, 0.05) is 18.3 Å². The van der Waals surface area contributed by atoms with E-state index in [1.165, 1.54) is 7.11 Å². The van der Waals surface area contributed by atoms with E-state index in [0.29, 0.717) is 6.42 Å². The Bertz CT molecular complexity index is 563. The summed E-state index contributed by atoms with van der Waals surface area (Å²) in [6.45, 7) is 12.8. The number of esters is 1. The average molecular weight is 369 g/mol. The number of rotatable bonds is 3. The second-order valence-electron chi connectivity index (χ2n) is 9.20. The third-order valence-electron chi connectivity index (χ3n) is 6.58. The molecule has 2 aliphatic carbocycles. The van der Waals surface area contributed by atoms with Crippen molar-refractivity contribution in [3.8, 4) is 0 Å². The predicted octanol–water partition coefficient (Wildman–Crippen LogP) is 3.37. The molecule has 6 heteroatoms. The average Bonchev–Trinajstić information content (AvgIpc) is 2.50. The fraction of sp³-hybridized carbons (Fsp3) is 0.842. The van der Waals surface area contributed by atoms with Crippen molar-refractivity contribution in [2.45, 2.75) is 71.2 Å². The van der Waals surface area contributed by atoms with Crippen molar-refractivity contribution in [2.24, 2.45) is 23.7 Å². The summed E-state index contributed by atoms with van der Waals surface area (Å²) < 4.78 is 11.6. The molecule has 0 bridgehead atoms. The molecule has 0 aliphatic heterocycles. The van der Waals surface area contributed by atoms with Gasteiger partial charge in [-0.15, -0.1) is 0 Å². The summed E-state index contributed by atoms with van der Waals surface area (Å²) in [6, 6.07) is 0. The fourth-order valence-electron chi connectivity index (χ4n) is 4.07. The summed E-state index contributed by atoms with van der Waals surface area (Å²) in [5.41, 5.74) is 0. The third kappa shape index (κ3) is 3.75. The zero-order chi connectivity index (χ0) is 19.2. The van der Waals surface area contributed by atoms with Crippen molar-refractivity contribution >= 4 is 25.9 Å². The number of hydrogen-bond donors (Lipinski definition) is 0. The Balaban J connectivity index is 2.41. The molecule has 0 amide bonds. The molecular formula is C19H32O5Si. The molecule has 2 aliphatic rings. The van der Waals surface area contributed by atoms with Crippen molar-refractivity contribution in [1.29, 1.82) is 0 Å². The first-order valence-corrected chi connectivity index (χ1v) is 12.1. The summed E-state index contributed by atoms with van der Waals surface area (Å²) in [7, 11) is -0.745.